The standard InChI is InChI=1S/C26H24BrNO4/c1-18-7-9-20(10-8-18)17-32-24-13-12-22(27)16-21(24)11-14-25(29)28-23(26(30)31)15-19-5-3-2-4-6-19/h2-14,16,23H,15,17H2,1H3,(H,28,29)(H,30,31)/b14-11+/t23-/m0/s1. The minimum atomic E-state index is -1.08. The molecule has 0 saturated carbocycles. The molecule has 0 saturated heterocycles. The maximum absolute atomic E-state index is 12.4. The van der Waals surface area contributed by atoms with E-state index in [1.54, 1.807) is 6.08 Å². The molecule has 3 aromatic rings. The number of carboxylic acid groups (broad SMARTS) is 1. The summed E-state index contributed by atoms with van der Waals surface area (Å²) in [5, 5.41) is 12.0. The lowest BCUT2D eigenvalue weighted by Gasteiger charge is -2.13. The average Bonchev–Trinajstić information content (AvgIpc) is 2.78. The van der Waals surface area contributed by atoms with Gasteiger partial charge in [0.25, 0.3) is 0 Å². The van der Waals surface area contributed by atoms with E-state index in [4.69, 9.17) is 4.74 Å². The Kier molecular flexibility index (Phi) is 8.22. The van der Waals surface area contributed by atoms with E-state index in [0.29, 0.717) is 17.9 Å². The highest BCUT2D eigenvalue weighted by Crippen LogP contribution is 2.25. The molecule has 0 aliphatic heterocycles. The molecule has 0 radical (unpaired) electrons. The Morgan fingerprint density at radius 1 is 1.03 bits per heavy atom. The quantitative estimate of drug-likeness (QED) is 0.403. The number of carbonyl (C=O) groups excluding carboxylic acids is 1. The molecule has 1 amide bonds. The fourth-order valence-corrected chi connectivity index (χ4v) is 3.44. The number of carboxylic acids is 1. The Morgan fingerprint density at radius 2 is 1.75 bits per heavy atom. The van der Waals surface area contributed by atoms with Crippen molar-refractivity contribution in [1.29, 1.82) is 0 Å². The van der Waals surface area contributed by atoms with E-state index in [-0.39, 0.29) is 6.42 Å². The number of hydrogen-bond donors (Lipinski definition) is 2. The lowest BCUT2D eigenvalue weighted by atomic mass is 10.1. The highest BCUT2D eigenvalue weighted by Gasteiger charge is 2.19. The number of aryl methyl sites for hydroxylation is 1. The van der Waals surface area contributed by atoms with E-state index in [2.05, 4.69) is 21.2 Å². The molecule has 5 nitrogen and oxygen atoms in total. The van der Waals surface area contributed by atoms with Crippen molar-refractivity contribution < 1.29 is 19.4 Å². The third-order valence-corrected chi connectivity index (χ3v) is 5.29. The zero-order chi connectivity index (χ0) is 22.9. The van der Waals surface area contributed by atoms with Crippen LogP contribution in [0.25, 0.3) is 6.08 Å². The van der Waals surface area contributed by atoms with E-state index in [0.717, 1.165) is 15.6 Å². The van der Waals surface area contributed by atoms with Crippen LogP contribution in [0.5, 0.6) is 5.75 Å². The summed E-state index contributed by atoms with van der Waals surface area (Å²) in [4.78, 5) is 24.0. The molecule has 0 aliphatic rings. The van der Waals surface area contributed by atoms with E-state index in [1.807, 2.05) is 79.7 Å². The number of halogens is 1. The van der Waals surface area contributed by atoms with Gasteiger partial charge in [-0.25, -0.2) is 4.79 Å². The van der Waals surface area contributed by atoms with E-state index in [9.17, 15) is 14.7 Å². The lowest BCUT2D eigenvalue weighted by molar-refractivity contribution is -0.141. The second-order valence-electron chi connectivity index (χ2n) is 7.38. The lowest BCUT2D eigenvalue weighted by Crippen LogP contribution is -2.41. The first kappa shape index (κ1) is 23.3. The first-order chi connectivity index (χ1) is 15.4. The maximum Gasteiger partial charge on any atom is 0.326 e. The first-order valence-electron chi connectivity index (χ1n) is 10.1. The summed E-state index contributed by atoms with van der Waals surface area (Å²) in [5.41, 5.74) is 3.76. The average molecular weight is 494 g/mol. The van der Waals surface area contributed by atoms with Crippen LogP contribution >= 0.6 is 15.9 Å². The summed E-state index contributed by atoms with van der Waals surface area (Å²) < 4.78 is 6.79. The summed E-state index contributed by atoms with van der Waals surface area (Å²) in [6, 6.07) is 21.8. The van der Waals surface area contributed by atoms with Crippen molar-refractivity contribution in [1.82, 2.24) is 5.32 Å². The minimum absolute atomic E-state index is 0.206. The number of amides is 1. The highest BCUT2D eigenvalue weighted by molar-refractivity contribution is 9.10. The molecule has 6 heteroatoms. The molecule has 0 unspecified atom stereocenters. The van der Waals surface area contributed by atoms with Crippen molar-refractivity contribution in [3.8, 4) is 5.75 Å². The Morgan fingerprint density at radius 3 is 2.44 bits per heavy atom. The number of benzene rings is 3. The molecule has 0 fully saturated rings. The summed E-state index contributed by atoms with van der Waals surface area (Å²) >= 11 is 3.44. The van der Waals surface area contributed by atoms with Gasteiger partial charge in [-0.1, -0.05) is 76.1 Å². The Bertz CT molecular complexity index is 1090. The van der Waals surface area contributed by atoms with Crippen LogP contribution in [0.4, 0.5) is 0 Å². The number of hydrogen-bond acceptors (Lipinski definition) is 3. The van der Waals surface area contributed by atoms with Crippen molar-refractivity contribution in [3.63, 3.8) is 0 Å². The summed E-state index contributed by atoms with van der Waals surface area (Å²) in [6.45, 7) is 2.43. The Hall–Kier alpha value is -3.38. The van der Waals surface area contributed by atoms with E-state index < -0.39 is 17.9 Å². The number of nitrogens with one attached hydrogen (secondary N) is 1. The summed E-state index contributed by atoms with van der Waals surface area (Å²) in [5.74, 6) is -0.949. The highest BCUT2D eigenvalue weighted by atomic mass is 79.9. The number of carbonyl (C=O) groups is 2. The van der Waals surface area contributed by atoms with E-state index >= 15 is 0 Å². The molecular formula is C26H24BrNO4. The van der Waals surface area contributed by atoms with Gasteiger partial charge in [-0.05, 0) is 42.3 Å². The molecule has 0 aliphatic carbocycles. The largest absolute Gasteiger partial charge is 0.488 e. The van der Waals surface area contributed by atoms with Crippen LogP contribution in [-0.4, -0.2) is 23.0 Å². The Balaban J connectivity index is 1.67. The van der Waals surface area contributed by atoms with Crippen molar-refractivity contribution in [2.75, 3.05) is 0 Å². The van der Waals surface area contributed by atoms with Gasteiger partial charge in [-0.3, -0.25) is 4.79 Å². The molecule has 3 aromatic carbocycles. The predicted molar refractivity (Wildman–Crippen MR) is 128 cm³/mol. The van der Waals surface area contributed by atoms with Crippen LogP contribution in [-0.2, 0) is 22.6 Å². The van der Waals surface area contributed by atoms with Gasteiger partial charge in [0.15, 0.2) is 0 Å². The second-order valence-corrected chi connectivity index (χ2v) is 8.29. The molecule has 32 heavy (non-hydrogen) atoms. The van der Waals surface area contributed by atoms with Crippen molar-refractivity contribution in [2.24, 2.45) is 0 Å². The summed E-state index contributed by atoms with van der Waals surface area (Å²) in [7, 11) is 0. The number of rotatable bonds is 9. The van der Waals surface area contributed by atoms with Crippen molar-refractivity contribution in [2.45, 2.75) is 26.0 Å². The van der Waals surface area contributed by atoms with Crippen LogP contribution in [0.15, 0.2) is 83.3 Å². The molecule has 1 atom stereocenters. The number of aliphatic carboxylic acids is 1. The van der Waals surface area contributed by atoms with Gasteiger partial charge in [-0.2, -0.15) is 0 Å². The second kappa shape index (κ2) is 11.3. The molecule has 3 rings (SSSR count). The topological polar surface area (TPSA) is 75.6 Å². The zero-order valence-corrected chi connectivity index (χ0v) is 19.2. The fourth-order valence-electron chi connectivity index (χ4n) is 3.06. The van der Waals surface area contributed by atoms with Crippen molar-refractivity contribution in [3.05, 3.63) is 106 Å². The SMILES string of the molecule is Cc1ccc(COc2ccc(Br)cc2/C=C/C(=O)N[C@@H](Cc2ccccc2)C(=O)O)cc1. The summed E-state index contributed by atoms with van der Waals surface area (Å²) in [6.07, 6.45) is 3.14. The van der Waals surface area contributed by atoms with Gasteiger partial charge < -0.3 is 15.2 Å². The minimum Gasteiger partial charge on any atom is -0.488 e. The molecule has 164 valence electrons. The molecule has 0 heterocycles. The van der Waals surface area contributed by atoms with Crippen LogP contribution in [0.2, 0.25) is 0 Å². The van der Waals surface area contributed by atoms with Gasteiger partial charge >= 0.3 is 5.97 Å². The van der Waals surface area contributed by atoms with Gasteiger partial charge in [-0.15, -0.1) is 0 Å². The third kappa shape index (κ3) is 7.10. The molecule has 0 aromatic heterocycles. The smallest absolute Gasteiger partial charge is 0.326 e. The fraction of sp³-hybridized carbons (Fsp3) is 0.154. The third-order valence-electron chi connectivity index (χ3n) is 4.80. The van der Waals surface area contributed by atoms with Crippen molar-refractivity contribution >= 4 is 33.9 Å². The molecule has 0 spiro atoms. The van der Waals surface area contributed by atoms with Gasteiger partial charge in [0.1, 0.15) is 18.4 Å². The van der Waals surface area contributed by atoms with Gasteiger partial charge in [0.05, 0.1) is 0 Å². The van der Waals surface area contributed by atoms with E-state index in [1.165, 1.54) is 11.6 Å². The molecule has 0 bridgehead atoms. The van der Waals surface area contributed by atoms with Gasteiger partial charge in [0.2, 0.25) is 5.91 Å². The molecule has 2 N–H and O–H groups in total. The normalized spacial score (nSPS) is 11.8. The van der Waals surface area contributed by atoms with Crippen LogP contribution in [0.1, 0.15) is 22.3 Å². The van der Waals surface area contributed by atoms with Gasteiger partial charge in [0, 0.05) is 22.5 Å². The maximum atomic E-state index is 12.4. The Labute approximate surface area is 195 Å². The first-order valence-corrected chi connectivity index (χ1v) is 10.9. The van der Waals surface area contributed by atoms with Crippen LogP contribution < -0.4 is 10.1 Å². The monoisotopic (exact) mass is 493 g/mol. The molecular weight excluding hydrogens is 470 g/mol. The van der Waals surface area contributed by atoms with Crippen LogP contribution in [0, 0.1) is 6.92 Å². The van der Waals surface area contributed by atoms with Crippen LogP contribution in [0.3, 0.4) is 0 Å². The predicted octanol–water partition coefficient (Wildman–Crippen LogP) is 5.16. The zero-order valence-electron chi connectivity index (χ0n) is 17.6. The number of ether oxygens (including phenoxy) is 1.